The SMILES string of the molecule is COc1nc(N2CCN(C(C)C)CC2)cc2c(N[C@H](C)c3cccc(C(F)(F)F)c3F)nc(=O)n(C)c12. The van der Waals surface area contributed by atoms with Crippen LogP contribution >= 0.6 is 0 Å². The molecule has 0 saturated carbocycles. The molecule has 2 aromatic heterocycles. The van der Waals surface area contributed by atoms with Gasteiger partial charge in [0.2, 0.25) is 5.88 Å². The molecule has 0 aliphatic carbocycles. The van der Waals surface area contributed by atoms with Gasteiger partial charge in [-0.2, -0.15) is 23.1 Å². The highest BCUT2D eigenvalue weighted by molar-refractivity contribution is 5.94. The first-order chi connectivity index (χ1) is 17.4. The standard InChI is InChI=1S/C25H30F4N6O2/c1-14(2)34-9-11-35(12-10-34)19-13-17-21(23(31-19)37-5)33(4)24(36)32-22(17)30-15(3)16-7-6-8-18(20(16)26)25(27,28)29/h6-8,13-15H,9-12H2,1-5H3,(H,30,32,36)/t15-/m1/s1. The van der Waals surface area contributed by atoms with E-state index in [1.807, 2.05) is 0 Å². The van der Waals surface area contributed by atoms with E-state index in [0.717, 1.165) is 32.2 Å². The van der Waals surface area contributed by atoms with Crippen LogP contribution in [-0.4, -0.2) is 58.8 Å². The summed E-state index contributed by atoms with van der Waals surface area (Å²) in [4.78, 5) is 25.9. The maximum Gasteiger partial charge on any atom is 0.419 e. The van der Waals surface area contributed by atoms with Crippen LogP contribution < -0.4 is 20.6 Å². The van der Waals surface area contributed by atoms with Crippen LogP contribution in [0.1, 0.15) is 37.9 Å². The number of halogens is 4. The van der Waals surface area contributed by atoms with Crippen LogP contribution in [0.3, 0.4) is 0 Å². The number of nitrogens with one attached hydrogen (secondary N) is 1. The molecule has 3 heterocycles. The molecule has 1 aliphatic rings. The number of hydrogen-bond donors (Lipinski definition) is 1. The molecule has 0 spiro atoms. The summed E-state index contributed by atoms with van der Waals surface area (Å²) in [6.45, 7) is 8.96. The van der Waals surface area contributed by atoms with Crippen molar-refractivity contribution in [1.29, 1.82) is 0 Å². The lowest BCUT2D eigenvalue weighted by atomic mass is 10.0. The number of aryl methyl sites for hydroxylation is 1. The van der Waals surface area contributed by atoms with Crippen molar-refractivity contribution in [3.8, 4) is 5.88 Å². The van der Waals surface area contributed by atoms with E-state index >= 15 is 0 Å². The second kappa shape index (κ2) is 10.2. The number of ether oxygens (including phenoxy) is 1. The van der Waals surface area contributed by atoms with Gasteiger partial charge in [-0.3, -0.25) is 9.47 Å². The Bertz CT molecular complexity index is 1350. The van der Waals surface area contributed by atoms with E-state index in [1.165, 1.54) is 31.7 Å². The van der Waals surface area contributed by atoms with Crippen molar-refractivity contribution in [3.63, 3.8) is 0 Å². The Labute approximate surface area is 211 Å². The highest BCUT2D eigenvalue weighted by Crippen LogP contribution is 2.36. The minimum atomic E-state index is -4.83. The lowest BCUT2D eigenvalue weighted by Crippen LogP contribution is -2.49. The molecule has 37 heavy (non-hydrogen) atoms. The number of benzene rings is 1. The monoisotopic (exact) mass is 522 g/mol. The second-order valence-electron chi connectivity index (χ2n) is 9.38. The summed E-state index contributed by atoms with van der Waals surface area (Å²) in [5.74, 6) is -0.438. The molecular formula is C25H30F4N6O2. The lowest BCUT2D eigenvalue weighted by molar-refractivity contribution is -0.140. The van der Waals surface area contributed by atoms with Crippen LogP contribution in [0, 0.1) is 5.82 Å². The maximum absolute atomic E-state index is 14.8. The minimum Gasteiger partial charge on any atom is -0.479 e. The lowest BCUT2D eigenvalue weighted by Gasteiger charge is -2.37. The Hall–Kier alpha value is -3.41. The molecule has 0 amide bonds. The number of nitrogens with zero attached hydrogens (tertiary/aromatic N) is 5. The molecular weight excluding hydrogens is 492 g/mol. The van der Waals surface area contributed by atoms with Gasteiger partial charge in [0, 0.05) is 44.8 Å². The Morgan fingerprint density at radius 1 is 1.08 bits per heavy atom. The average Bonchev–Trinajstić information content (AvgIpc) is 2.85. The topological polar surface area (TPSA) is 75.5 Å². The molecule has 0 bridgehead atoms. The van der Waals surface area contributed by atoms with Crippen molar-refractivity contribution >= 4 is 22.5 Å². The molecule has 1 atom stereocenters. The molecule has 1 saturated heterocycles. The van der Waals surface area contributed by atoms with Crippen molar-refractivity contribution in [1.82, 2.24) is 19.4 Å². The molecule has 4 rings (SSSR count). The van der Waals surface area contributed by atoms with E-state index in [1.54, 1.807) is 6.07 Å². The molecule has 3 aromatic rings. The number of fused-ring (bicyclic) bond motifs is 1. The highest BCUT2D eigenvalue weighted by atomic mass is 19.4. The van der Waals surface area contributed by atoms with Crippen LogP contribution in [0.2, 0.25) is 0 Å². The summed E-state index contributed by atoms with van der Waals surface area (Å²) in [5.41, 5.74) is -1.80. The Morgan fingerprint density at radius 2 is 1.76 bits per heavy atom. The Morgan fingerprint density at radius 3 is 2.35 bits per heavy atom. The van der Waals surface area contributed by atoms with Gasteiger partial charge < -0.3 is 15.0 Å². The smallest absolute Gasteiger partial charge is 0.419 e. The van der Waals surface area contributed by atoms with Crippen molar-refractivity contribution < 1.29 is 22.3 Å². The van der Waals surface area contributed by atoms with E-state index in [2.05, 4.69) is 38.9 Å². The van der Waals surface area contributed by atoms with E-state index in [-0.39, 0.29) is 17.3 Å². The van der Waals surface area contributed by atoms with Gasteiger partial charge in [-0.25, -0.2) is 9.18 Å². The molecule has 12 heteroatoms. The van der Waals surface area contributed by atoms with Gasteiger partial charge in [-0.05, 0) is 32.9 Å². The number of piperazine rings is 1. The van der Waals surface area contributed by atoms with Gasteiger partial charge in [0.05, 0.1) is 24.1 Å². The van der Waals surface area contributed by atoms with Crippen LogP contribution in [0.5, 0.6) is 5.88 Å². The minimum absolute atomic E-state index is 0.102. The number of alkyl halides is 3. The van der Waals surface area contributed by atoms with Gasteiger partial charge in [-0.15, -0.1) is 0 Å². The maximum atomic E-state index is 14.8. The van der Waals surface area contributed by atoms with Crippen molar-refractivity contribution in [2.45, 2.75) is 39.0 Å². The quantitative estimate of drug-likeness (QED) is 0.487. The van der Waals surface area contributed by atoms with E-state index < -0.39 is 29.3 Å². The van der Waals surface area contributed by atoms with Crippen molar-refractivity contribution in [3.05, 3.63) is 51.7 Å². The number of aromatic nitrogens is 3. The van der Waals surface area contributed by atoms with Crippen LogP contribution in [0.4, 0.5) is 29.2 Å². The zero-order chi connectivity index (χ0) is 27.1. The first-order valence-corrected chi connectivity index (χ1v) is 12.0. The van der Waals surface area contributed by atoms with Crippen molar-refractivity contribution in [2.75, 3.05) is 43.5 Å². The molecule has 8 nitrogen and oxygen atoms in total. The predicted octanol–water partition coefficient (Wildman–Crippen LogP) is 4.20. The number of methoxy groups -OCH3 is 1. The predicted molar refractivity (Wildman–Crippen MR) is 134 cm³/mol. The molecule has 1 N–H and O–H groups in total. The third kappa shape index (κ3) is 5.20. The summed E-state index contributed by atoms with van der Waals surface area (Å²) in [7, 11) is 2.98. The second-order valence-corrected chi connectivity index (χ2v) is 9.38. The number of pyridine rings is 1. The van der Waals surface area contributed by atoms with E-state index in [9.17, 15) is 22.4 Å². The fraction of sp³-hybridized carbons (Fsp3) is 0.480. The summed E-state index contributed by atoms with van der Waals surface area (Å²) in [6.07, 6.45) is -4.83. The molecule has 1 aliphatic heterocycles. The summed E-state index contributed by atoms with van der Waals surface area (Å²) in [5, 5.41) is 3.43. The fourth-order valence-electron chi connectivity index (χ4n) is 4.60. The summed E-state index contributed by atoms with van der Waals surface area (Å²) < 4.78 is 61.4. The normalized spacial score (nSPS) is 15.9. The third-order valence-electron chi connectivity index (χ3n) is 6.75. The largest absolute Gasteiger partial charge is 0.479 e. The van der Waals surface area contributed by atoms with E-state index in [4.69, 9.17) is 4.74 Å². The molecule has 1 fully saturated rings. The Balaban J connectivity index is 1.77. The van der Waals surface area contributed by atoms with Gasteiger partial charge in [0.25, 0.3) is 0 Å². The Kier molecular flexibility index (Phi) is 7.31. The van der Waals surface area contributed by atoms with E-state index in [0.29, 0.717) is 28.8 Å². The summed E-state index contributed by atoms with van der Waals surface area (Å²) in [6, 6.07) is 4.38. The molecule has 0 unspecified atom stereocenters. The zero-order valence-electron chi connectivity index (χ0n) is 21.4. The zero-order valence-corrected chi connectivity index (χ0v) is 21.4. The van der Waals surface area contributed by atoms with Crippen LogP contribution in [0.25, 0.3) is 10.9 Å². The van der Waals surface area contributed by atoms with Gasteiger partial charge in [0.1, 0.15) is 23.0 Å². The highest BCUT2D eigenvalue weighted by Gasteiger charge is 2.35. The molecule has 200 valence electrons. The van der Waals surface area contributed by atoms with Gasteiger partial charge >= 0.3 is 11.9 Å². The molecule has 0 radical (unpaired) electrons. The average molecular weight is 523 g/mol. The number of anilines is 2. The first kappa shape index (κ1) is 26.6. The van der Waals surface area contributed by atoms with Gasteiger partial charge in [0.15, 0.2) is 0 Å². The number of rotatable bonds is 6. The van der Waals surface area contributed by atoms with Gasteiger partial charge in [-0.1, -0.05) is 12.1 Å². The molecule has 1 aromatic carbocycles. The number of hydrogen-bond acceptors (Lipinski definition) is 7. The van der Waals surface area contributed by atoms with Crippen LogP contribution in [0.15, 0.2) is 29.1 Å². The first-order valence-electron chi connectivity index (χ1n) is 12.0. The third-order valence-corrected chi connectivity index (χ3v) is 6.75. The van der Waals surface area contributed by atoms with Crippen molar-refractivity contribution in [2.24, 2.45) is 7.05 Å². The van der Waals surface area contributed by atoms with Crippen LogP contribution in [-0.2, 0) is 13.2 Å². The summed E-state index contributed by atoms with van der Waals surface area (Å²) >= 11 is 0. The fourth-order valence-corrected chi connectivity index (χ4v) is 4.60.